The number of nitrogens with one attached hydrogen (secondary N) is 1. The van der Waals surface area contributed by atoms with E-state index in [9.17, 15) is 14.4 Å². The Bertz CT molecular complexity index is 1100. The maximum absolute atomic E-state index is 13.7. The molecule has 1 saturated carbocycles. The molecule has 2 saturated heterocycles. The lowest BCUT2D eigenvalue weighted by Crippen LogP contribution is -2.54. The van der Waals surface area contributed by atoms with Crippen molar-refractivity contribution in [3.05, 3.63) is 35.0 Å². The van der Waals surface area contributed by atoms with Gasteiger partial charge in [-0.25, -0.2) is 0 Å². The molecule has 2 amide bonds. The van der Waals surface area contributed by atoms with Gasteiger partial charge in [-0.1, -0.05) is 19.8 Å². The Morgan fingerprint density at radius 3 is 2.88 bits per heavy atom. The molecule has 4 heterocycles. The number of aromatic nitrogens is 2. The molecule has 2 aromatic heterocycles. The van der Waals surface area contributed by atoms with Crippen molar-refractivity contribution in [2.45, 2.75) is 62.6 Å². The van der Waals surface area contributed by atoms with Gasteiger partial charge in [-0.3, -0.25) is 14.4 Å². The summed E-state index contributed by atoms with van der Waals surface area (Å²) in [5.74, 6) is -0.609. The van der Waals surface area contributed by atoms with Crippen LogP contribution in [-0.2, 0) is 20.7 Å². The van der Waals surface area contributed by atoms with E-state index < -0.39 is 23.6 Å². The number of rotatable bonds is 6. The van der Waals surface area contributed by atoms with Gasteiger partial charge in [0.05, 0.1) is 22.1 Å². The Morgan fingerprint density at radius 1 is 1.32 bits per heavy atom. The van der Waals surface area contributed by atoms with Crippen LogP contribution in [0.5, 0.6) is 0 Å². The van der Waals surface area contributed by atoms with Crippen LogP contribution >= 0.6 is 22.9 Å². The van der Waals surface area contributed by atoms with Gasteiger partial charge in [0, 0.05) is 17.0 Å². The molecule has 10 heteroatoms. The standard InChI is InChI=1S/C24H27ClN4O4S/c1-2-15-9-14(10-26-28-15)18-7-8-19(34-18)23(31)27-20(13-5-3-4-6-13)24(32)29-11-16(25)22-21(29)17(30)12-33-22/h7-10,13,16,20-22H,2-6,11-12H2,1H3,(H,27,31)/t16-,20-,21+,22+/m0/s1. The fourth-order valence-corrected chi connectivity index (χ4v) is 6.47. The first-order chi connectivity index (χ1) is 16.5. The molecule has 1 aliphatic carbocycles. The molecule has 1 N–H and O–H groups in total. The molecule has 3 aliphatic rings. The molecule has 0 aromatic carbocycles. The quantitative estimate of drug-likeness (QED) is 0.609. The van der Waals surface area contributed by atoms with Crippen molar-refractivity contribution in [1.82, 2.24) is 20.4 Å². The molecule has 0 spiro atoms. The number of halogens is 1. The average Bonchev–Trinajstić information content (AvgIpc) is 3.64. The lowest BCUT2D eigenvalue weighted by atomic mass is 9.96. The van der Waals surface area contributed by atoms with Crippen molar-refractivity contribution in [3.63, 3.8) is 0 Å². The minimum atomic E-state index is -0.689. The molecule has 2 aromatic rings. The highest BCUT2D eigenvalue weighted by Gasteiger charge is 2.53. The van der Waals surface area contributed by atoms with Crippen LogP contribution in [-0.4, -0.2) is 69.4 Å². The Balaban J connectivity index is 1.35. The van der Waals surface area contributed by atoms with E-state index in [0.717, 1.165) is 48.2 Å². The number of thiophene rings is 1. The van der Waals surface area contributed by atoms with Crippen LogP contribution < -0.4 is 5.32 Å². The second-order valence-corrected chi connectivity index (χ2v) is 10.8. The van der Waals surface area contributed by atoms with Crippen molar-refractivity contribution >= 4 is 40.5 Å². The number of hydrogen-bond acceptors (Lipinski definition) is 7. The van der Waals surface area contributed by atoms with E-state index >= 15 is 0 Å². The summed E-state index contributed by atoms with van der Waals surface area (Å²) in [6.45, 7) is 2.24. The van der Waals surface area contributed by atoms with Gasteiger partial charge in [-0.15, -0.1) is 22.9 Å². The number of alkyl halides is 1. The number of likely N-dealkylation sites (tertiary alicyclic amines) is 1. The lowest BCUT2D eigenvalue weighted by molar-refractivity contribution is -0.139. The number of nitrogens with zero attached hydrogens (tertiary/aromatic N) is 3. The summed E-state index contributed by atoms with van der Waals surface area (Å²) >= 11 is 7.76. The van der Waals surface area contributed by atoms with Crippen molar-refractivity contribution in [2.75, 3.05) is 13.2 Å². The zero-order valence-corrected chi connectivity index (χ0v) is 20.5. The third-order valence-corrected chi connectivity index (χ3v) is 8.53. The van der Waals surface area contributed by atoms with Crippen LogP contribution in [0.25, 0.3) is 10.4 Å². The van der Waals surface area contributed by atoms with E-state index in [1.165, 1.54) is 16.2 Å². The van der Waals surface area contributed by atoms with Gasteiger partial charge in [0.1, 0.15) is 24.8 Å². The molecular weight excluding hydrogens is 476 g/mol. The fraction of sp³-hybridized carbons (Fsp3) is 0.542. The molecule has 2 aliphatic heterocycles. The molecule has 0 radical (unpaired) electrons. The summed E-state index contributed by atoms with van der Waals surface area (Å²) in [5, 5.41) is 10.7. The number of hydrogen-bond donors (Lipinski definition) is 1. The van der Waals surface area contributed by atoms with E-state index in [2.05, 4.69) is 15.5 Å². The van der Waals surface area contributed by atoms with E-state index in [4.69, 9.17) is 16.3 Å². The SMILES string of the molecule is CCc1cc(-c2ccc(C(=O)N[C@H](C(=O)N3C[C@H](Cl)[C@H]4OCC(=O)[C@H]43)C3CCCC3)s2)cnn1. The lowest BCUT2D eigenvalue weighted by Gasteiger charge is -2.30. The Labute approximate surface area is 207 Å². The highest BCUT2D eigenvalue weighted by atomic mass is 35.5. The number of carbonyl (C=O) groups is 3. The van der Waals surface area contributed by atoms with Crippen molar-refractivity contribution in [2.24, 2.45) is 5.92 Å². The van der Waals surface area contributed by atoms with Crippen LogP contribution in [0, 0.1) is 5.92 Å². The summed E-state index contributed by atoms with van der Waals surface area (Å²) in [6.07, 6.45) is 5.77. The van der Waals surface area contributed by atoms with E-state index in [-0.39, 0.29) is 36.7 Å². The number of ketones is 1. The Kier molecular flexibility index (Phi) is 6.68. The van der Waals surface area contributed by atoms with Crippen LogP contribution in [0.3, 0.4) is 0 Å². The predicted octanol–water partition coefficient (Wildman–Crippen LogP) is 2.84. The summed E-state index contributed by atoms with van der Waals surface area (Å²) in [6, 6.07) is 4.28. The third-order valence-electron chi connectivity index (χ3n) is 7.01. The third kappa shape index (κ3) is 4.36. The van der Waals surface area contributed by atoms with Crippen molar-refractivity contribution in [1.29, 1.82) is 0 Å². The van der Waals surface area contributed by atoms with Gasteiger partial charge in [-0.2, -0.15) is 10.2 Å². The summed E-state index contributed by atoms with van der Waals surface area (Å²) in [5.41, 5.74) is 1.80. The second-order valence-electron chi connectivity index (χ2n) is 9.14. The second kappa shape index (κ2) is 9.71. The molecule has 0 bridgehead atoms. The normalized spacial score (nSPS) is 25.5. The average molecular weight is 503 g/mol. The van der Waals surface area contributed by atoms with E-state index in [0.29, 0.717) is 4.88 Å². The molecule has 180 valence electrons. The van der Waals surface area contributed by atoms with Crippen LogP contribution in [0.1, 0.15) is 48.0 Å². The van der Waals surface area contributed by atoms with Crippen LogP contribution in [0.4, 0.5) is 0 Å². The van der Waals surface area contributed by atoms with E-state index in [1.54, 1.807) is 12.3 Å². The zero-order valence-electron chi connectivity index (χ0n) is 18.9. The number of aryl methyl sites for hydroxylation is 1. The van der Waals surface area contributed by atoms with Crippen LogP contribution in [0.2, 0.25) is 0 Å². The van der Waals surface area contributed by atoms with Gasteiger partial charge in [-0.05, 0) is 43.4 Å². The number of amides is 2. The predicted molar refractivity (Wildman–Crippen MR) is 128 cm³/mol. The van der Waals surface area contributed by atoms with Gasteiger partial charge in [0.15, 0.2) is 5.78 Å². The largest absolute Gasteiger partial charge is 0.366 e. The molecule has 8 nitrogen and oxygen atoms in total. The number of carbonyl (C=O) groups excluding carboxylic acids is 3. The topological polar surface area (TPSA) is 101 Å². The van der Waals surface area contributed by atoms with Crippen LogP contribution in [0.15, 0.2) is 24.4 Å². The minimum Gasteiger partial charge on any atom is -0.366 e. The monoisotopic (exact) mass is 502 g/mol. The molecule has 5 rings (SSSR count). The molecule has 3 fully saturated rings. The molecule has 4 atom stereocenters. The summed E-state index contributed by atoms with van der Waals surface area (Å²) < 4.78 is 5.53. The minimum absolute atomic E-state index is 0.0234. The van der Waals surface area contributed by atoms with E-state index in [1.807, 2.05) is 19.1 Å². The summed E-state index contributed by atoms with van der Waals surface area (Å²) in [7, 11) is 0. The molecule has 0 unspecified atom stereocenters. The van der Waals surface area contributed by atoms with Gasteiger partial charge in [0.25, 0.3) is 5.91 Å². The smallest absolute Gasteiger partial charge is 0.262 e. The Morgan fingerprint density at radius 2 is 2.12 bits per heavy atom. The fourth-order valence-electron chi connectivity index (χ4n) is 5.22. The highest BCUT2D eigenvalue weighted by molar-refractivity contribution is 7.17. The number of ether oxygens (including phenoxy) is 1. The maximum Gasteiger partial charge on any atom is 0.262 e. The van der Waals surface area contributed by atoms with Crippen molar-refractivity contribution < 1.29 is 19.1 Å². The summed E-state index contributed by atoms with van der Waals surface area (Å²) in [4.78, 5) is 42.3. The molecular formula is C24H27ClN4O4S. The first-order valence-electron chi connectivity index (χ1n) is 11.8. The van der Waals surface area contributed by atoms with Gasteiger partial charge in [0.2, 0.25) is 5.91 Å². The molecule has 34 heavy (non-hydrogen) atoms. The first-order valence-corrected chi connectivity index (χ1v) is 13.0. The maximum atomic E-state index is 13.7. The number of Topliss-reactive ketones (excluding diaryl/α,β-unsaturated/α-hetero) is 1. The number of fused-ring (bicyclic) bond motifs is 1. The highest BCUT2D eigenvalue weighted by Crippen LogP contribution is 2.35. The van der Waals surface area contributed by atoms with Gasteiger partial charge < -0.3 is 15.0 Å². The zero-order chi connectivity index (χ0) is 23.8. The Hall–Kier alpha value is -2.36. The first kappa shape index (κ1) is 23.4. The van der Waals surface area contributed by atoms with Crippen molar-refractivity contribution in [3.8, 4) is 10.4 Å². The van der Waals surface area contributed by atoms with Gasteiger partial charge >= 0.3 is 0 Å².